The van der Waals surface area contributed by atoms with Crippen LogP contribution in [0.15, 0.2) is 30.7 Å². The molecule has 1 N–H and O–H groups in total. The van der Waals surface area contributed by atoms with Gasteiger partial charge in [-0.25, -0.2) is 15.0 Å². The number of rotatable bonds is 6. The first-order valence-electron chi connectivity index (χ1n) is 8.94. The molecule has 1 aliphatic heterocycles. The van der Waals surface area contributed by atoms with Gasteiger partial charge in [-0.15, -0.1) is 0 Å². The van der Waals surface area contributed by atoms with Gasteiger partial charge in [-0.1, -0.05) is 0 Å². The molecule has 1 fully saturated rings. The van der Waals surface area contributed by atoms with Crippen LogP contribution in [0.25, 0.3) is 0 Å². The Balaban J connectivity index is 1.62. The highest BCUT2D eigenvalue weighted by atomic mass is 16.5. The standard InChI is InChI=1S/C19H24N4O3/c1-3-25-17-15(7-6-9-20-17)16(24)21-11-14-12-22-18(23-13-14)19(2)8-4-5-10-26-19/h6-7,9,12-13H,3-5,8,10-11H2,1-2H3,(H,21,24)/t19-/m1/s1. The zero-order valence-electron chi connectivity index (χ0n) is 15.2. The number of hydrogen-bond donors (Lipinski definition) is 1. The zero-order chi connectivity index (χ0) is 18.4. The van der Waals surface area contributed by atoms with Gasteiger partial charge in [0.1, 0.15) is 11.2 Å². The number of ether oxygens (including phenoxy) is 2. The van der Waals surface area contributed by atoms with Crippen molar-refractivity contribution < 1.29 is 14.3 Å². The number of nitrogens with one attached hydrogen (secondary N) is 1. The van der Waals surface area contributed by atoms with Crippen molar-refractivity contribution in [2.45, 2.75) is 45.3 Å². The fourth-order valence-electron chi connectivity index (χ4n) is 2.92. The minimum absolute atomic E-state index is 0.242. The summed E-state index contributed by atoms with van der Waals surface area (Å²) >= 11 is 0. The normalized spacial score (nSPS) is 19.8. The van der Waals surface area contributed by atoms with Gasteiger partial charge < -0.3 is 14.8 Å². The molecule has 1 atom stereocenters. The topological polar surface area (TPSA) is 86.2 Å². The molecular weight excluding hydrogens is 332 g/mol. The van der Waals surface area contributed by atoms with Gasteiger partial charge in [-0.2, -0.15) is 0 Å². The van der Waals surface area contributed by atoms with Crippen LogP contribution < -0.4 is 10.1 Å². The predicted molar refractivity (Wildman–Crippen MR) is 95.8 cm³/mol. The first-order chi connectivity index (χ1) is 12.6. The van der Waals surface area contributed by atoms with E-state index >= 15 is 0 Å². The maximum absolute atomic E-state index is 12.4. The van der Waals surface area contributed by atoms with Crippen molar-refractivity contribution in [3.63, 3.8) is 0 Å². The van der Waals surface area contributed by atoms with Crippen LogP contribution in [0.4, 0.5) is 0 Å². The van der Waals surface area contributed by atoms with Gasteiger partial charge in [-0.3, -0.25) is 4.79 Å². The zero-order valence-corrected chi connectivity index (χ0v) is 15.2. The molecule has 2 aromatic heterocycles. The van der Waals surface area contributed by atoms with Gasteiger partial charge in [0, 0.05) is 37.3 Å². The van der Waals surface area contributed by atoms with E-state index in [0.717, 1.165) is 31.4 Å². The molecule has 26 heavy (non-hydrogen) atoms. The lowest BCUT2D eigenvalue weighted by Gasteiger charge is -2.32. The summed E-state index contributed by atoms with van der Waals surface area (Å²) in [7, 11) is 0. The molecule has 1 aliphatic rings. The van der Waals surface area contributed by atoms with E-state index in [9.17, 15) is 4.79 Å². The fourth-order valence-corrected chi connectivity index (χ4v) is 2.92. The first-order valence-corrected chi connectivity index (χ1v) is 8.94. The Morgan fingerprint density at radius 3 is 2.81 bits per heavy atom. The summed E-state index contributed by atoms with van der Waals surface area (Å²) < 4.78 is 11.3. The maximum atomic E-state index is 12.4. The van der Waals surface area contributed by atoms with E-state index in [-0.39, 0.29) is 5.91 Å². The van der Waals surface area contributed by atoms with Crippen LogP contribution in [0.1, 0.15) is 54.9 Å². The van der Waals surface area contributed by atoms with Crippen LogP contribution in [0, 0.1) is 0 Å². The third-order valence-corrected chi connectivity index (χ3v) is 4.40. The van der Waals surface area contributed by atoms with Crippen LogP contribution in [-0.2, 0) is 16.9 Å². The molecule has 7 nitrogen and oxygen atoms in total. The lowest BCUT2D eigenvalue weighted by molar-refractivity contribution is -0.0760. The van der Waals surface area contributed by atoms with E-state index < -0.39 is 5.60 Å². The average Bonchev–Trinajstić information content (AvgIpc) is 2.68. The molecule has 0 radical (unpaired) electrons. The lowest BCUT2D eigenvalue weighted by atomic mass is 9.95. The highest BCUT2D eigenvalue weighted by Gasteiger charge is 2.32. The highest BCUT2D eigenvalue weighted by Crippen LogP contribution is 2.32. The largest absolute Gasteiger partial charge is 0.477 e. The van der Waals surface area contributed by atoms with Crippen LogP contribution in [-0.4, -0.2) is 34.1 Å². The second-order valence-corrected chi connectivity index (χ2v) is 6.42. The number of pyridine rings is 1. The van der Waals surface area contributed by atoms with Crippen molar-refractivity contribution in [1.29, 1.82) is 0 Å². The van der Waals surface area contributed by atoms with E-state index in [1.807, 2.05) is 13.8 Å². The number of nitrogens with zero attached hydrogens (tertiary/aromatic N) is 3. The summed E-state index contributed by atoms with van der Waals surface area (Å²) in [5, 5.41) is 2.85. The van der Waals surface area contributed by atoms with Gasteiger partial charge in [0.15, 0.2) is 5.82 Å². The summed E-state index contributed by atoms with van der Waals surface area (Å²) in [4.78, 5) is 25.4. The Morgan fingerprint density at radius 1 is 1.31 bits per heavy atom. The summed E-state index contributed by atoms with van der Waals surface area (Å²) in [6, 6.07) is 3.40. The van der Waals surface area contributed by atoms with Gasteiger partial charge in [0.05, 0.1) is 6.61 Å². The molecule has 0 aromatic carbocycles. The Hall–Kier alpha value is -2.54. The third-order valence-electron chi connectivity index (χ3n) is 4.40. The molecule has 7 heteroatoms. The Bertz CT molecular complexity index is 743. The van der Waals surface area contributed by atoms with Crippen molar-refractivity contribution in [1.82, 2.24) is 20.3 Å². The van der Waals surface area contributed by atoms with Gasteiger partial charge >= 0.3 is 0 Å². The summed E-state index contributed by atoms with van der Waals surface area (Å²) in [6.45, 7) is 5.40. The summed E-state index contributed by atoms with van der Waals surface area (Å²) in [5.74, 6) is 0.785. The average molecular weight is 356 g/mol. The molecule has 1 saturated heterocycles. The van der Waals surface area contributed by atoms with E-state index in [1.54, 1.807) is 30.7 Å². The number of carbonyl (C=O) groups excluding carboxylic acids is 1. The van der Waals surface area contributed by atoms with E-state index in [4.69, 9.17) is 9.47 Å². The third kappa shape index (κ3) is 4.16. The monoisotopic (exact) mass is 356 g/mol. The van der Waals surface area contributed by atoms with Crippen molar-refractivity contribution >= 4 is 5.91 Å². The molecule has 3 rings (SSSR count). The molecule has 0 aliphatic carbocycles. The molecule has 0 saturated carbocycles. The number of carbonyl (C=O) groups is 1. The Labute approximate surface area is 153 Å². The molecular formula is C19H24N4O3. The van der Waals surface area contributed by atoms with Gasteiger partial charge in [-0.05, 0) is 45.2 Å². The predicted octanol–water partition coefficient (Wildman–Crippen LogP) is 2.62. The Kier molecular flexibility index (Phi) is 5.78. The number of aromatic nitrogens is 3. The number of hydrogen-bond acceptors (Lipinski definition) is 6. The fraction of sp³-hybridized carbons (Fsp3) is 0.474. The van der Waals surface area contributed by atoms with Crippen molar-refractivity contribution in [3.05, 3.63) is 47.7 Å². The van der Waals surface area contributed by atoms with Crippen LogP contribution in [0.2, 0.25) is 0 Å². The maximum Gasteiger partial charge on any atom is 0.257 e. The highest BCUT2D eigenvalue weighted by molar-refractivity contribution is 5.96. The molecule has 138 valence electrons. The van der Waals surface area contributed by atoms with Crippen LogP contribution >= 0.6 is 0 Å². The van der Waals surface area contributed by atoms with Crippen molar-refractivity contribution in [2.75, 3.05) is 13.2 Å². The molecule has 1 amide bonds. The lowest BCUT2D eigenvalue weighted by Crippen LogP contribution is -2.32. The molecule has 3 heterocycles. The van der Waals surface area contributed by atoms with Crippen LogP contribution in [0.3, 0.4) is 0 Å². The SMILES string of the molecule is CCOc1ncccc1C(=O)NCc1cnc([C@@]2(C)CCCCO2)nc1. The summed E-state index contributed by atoms with van der Waals surface area (Å²) in [5.41, 5.74) is 0.820. The molecule has 2 aromatic rings. The van der Waals surface area contributed by atoms with Gasteiger partial charge in [0.25, 0.3) is 5.91 Å². The van der Waals surface area contributed by atoms with Gasteiger partial charge in [0.2, 0.25) is 5.88 Å². The Morgan fingerprint density at radius 2 is 2.12 bits per heavy atom. The van der Waals surface area contributed by atoms with Crippen molar-refractivity contribution in [3.8, 4) is 5.88 Å². The second kappa shape index (κ2) is 8.23. The second-order valence-electron chi connectivity index (χ2n) is 6.42. The van der Waals surface area contributed by atoms with E-state index in [0.29, 0.717) is 30.4 Å². The summed E-state index contributed by atoms with van der Waals surface area (Å²) in [6.07, 6.45) is 8.19. The molecule has 0 spiro atoms. The first kappa shape index (κ1) is 18.3. The van der Waals surface area contributed by atoms with Crippen LogP contribution in [0.5, 0.6) is 5.88 Å². The van der Waals surface area contributed by atoms with E-state index in [1.165, 1.54) is 0 Å². The minimum atomic E-state index is -0.415. The quantitative estimate of drug-likeness (QED) is 0.856. The van der Waals surface area contributed by atoms with Crippen molar-refractivity contribution in [2.24, 2.45) is 0 Å². The van der Waals surface area contributed by atoms with E-state index in [2.05, 4.69) is 20.3 Å². The minimum Gasteiger partial charge on any atom is -0.477 e. The smallest absolute Gasteiger partial charge is 0.257 e. The molecule has 0 unspecified atom stereocenters. The number of amides is 1. The molecule has 0 bridgehead atoms.